The van der Waals surface area contributed by atoms with Gasteiger partial charge in [-0.3, -0.25) is 8.98 Å². The second kappa shape index (κ2) is 10.5. The van der Waals surface area contributed by atoms with Gasteiger partial charge < -0.3 is 14.3 Å². The first-order chi connectivity index (χ1) is 17.0. The van der Waals surface area contributed by atoms with Gasteiger partial charge in [-0.15, -0.1) is 0 Å². The van der Waals surface area contributed by atoms with Crippen LogP contribution in [0.2, 0.25) is 0 Å². The first kappa shape index (κ1) is 26.0. The molecule has 1 fully saturated rings. The van der Waals surface area contributed by atoms with Gasteiger partial charge >= 0.3 is 6.18 Å². The van der Waals surface area contributed by atoms with Gasteiger partial charge in [-0.05, 0) is 43.9 Å². The van der Waals surface area contributed by atoms with Crippen molar-refractivity contribution in [3.8, 4) is 0 Å². The maximum absolute atomic E-state index is 14.6. The number of nitrogens with one attached hydrogen (secondary N) is 1. The topological polar surface area (TPSA) is 125 Å². The molecule has 0 amide bonds. The number of ketones is 1. The quantitative estimate of drug-likeness (QED) is 0.319. The van der Waals surface area contributed by atoms with Crippen LogP contribution >= 0.6 is 0 Å². The summed E-state index contributed by atoms with van der Waals surface area (Å²) in [6, 6.07) is 2.34. The van der Waals surface area contributed by atoms with Crippen molar-refractivity contribution in [2.24, 2.45) is 11.1 Å². The zero-order chi connectivity index (χ0) is 26.0. The Bertz CT molecular complexity index is 1250. The molecule has 3 aromatic heterocycles. The number of anilines is 1. The lowest BCUT2D eigenvalue weighted by molar-refractivity contribution is -0.153. The van der Waals surface area contributed by atoms with E-state index in [0.29, 0.717) is 6.42 Å². The van der Waals surface area contributed by atoms with E-state index >= 15 is 0 Å². The fourth-order valence-electron chi connectivity index (χ4n) is 4.14. The SMILES string of the molecule is CC(c1ccc(C(F)(F)F)o1)n1ccc(C(=O)c2cncnc2NC2CC(COS(N)=O)CC2F)c1. The molecule has 0 spiro atoms. The molecule has 0 bridgehead atoms. The van der Waals surface area contributed by atoms with E-state index in [2.05, 4.69) is 15.3 Å². The van der Waals surface area contributed by atoms with Crippen molar-refractivity contribution in [1.82, 2.24) is 14.5 Å². The number of alkyl halides is 4. The van der Waals surface area contributed by atoms with Gasteiger partial charge in [0.25, 0.3) is 0 Å². The molecule has 0 saturated heterocycles. The fourth-order valence-corrected chi connectivity index (χ4v) is 4.47. The number of hydrogen-bond acceptors (Lipinski definition) is 7. The van der Waals surface area contributed by atoms with E-state index in [1.807, 2.05) is 0 Å². The zero-order valence-corrected chi connectivity index (χ0v) is 19.8. The van der Waals surface area contributed by atoms with Gasteiger partial charge in [0.1, 0.15) is 24.1 Å². The Morgan fingerprint density at radius 1 is 1.36 bits per heavy atom. The average Bonchev–Trinajstić information content (AvgIpc) is 3.57. The van der Waals surface area contributed by atoms with E-state index < -0.39 is 47.2 Å². The summed E-state index contributed by atoms with van der Waals surface area (Å²) >= 11 is -1.94. The van der Waals surface area contributed by atoms with Gasteiger partial charge in [-0.2, -0.15) is 13.2 Å². The Morgan fingerprint density at radius 2 is 2.14 bits per heavy atom. The molecule has 9 nitrogen and oxygen atoms in total. The summed E-state index contributed by atoms with van der Waals surface area (Å²) in [5.41, 5.74) is 0.345. The van der Waals surface area contributed by atoms with Crippen LogP contribution in [0.25, 0.3) is 0 Å². The minimum atomic E-state index is -4.60. The molecule has 5 atom stereocenters. The van der Waals surface area contributed by atoms with E-state index in [-0.39, 0.29) is 41.7 Å². The second-order valence-corrected chi connectivity index (χ2v) is 9.24. The number of carbonyl (C=O) groups excluding carboxylic acids is 1. The van der Waals surface area contributed by atoms with E-state index in [1.165, 1.54) is 30.9 Å². The molecular formula is C22H23F4N5O4S. The number of nitrogens with two attached hydrogens (primary N) is 1. The third-order valence-corrected chi connectivity index (χ3v) is 6.39. The first-order valence-electron chi connectivity index (χ1n) is 10.9. The van der Waals surface area contributed by atoms with Crippen molar-refractivity contribution in [1.29, 1.82) is 0 Å². The number of hydrogen-bond donors (Lipinski definition) is 2. The number of rotatable bonds is 9. The number of aromatic nitrogens is 3. The number of nitrogens with zero attached hydrogens (tertiary/aromatic N) is 3. The number of halogens is 4. The maximum Gasteiger partial charge on any atom is 0.449 e. The molecule has 3 heterocycles. The van der Waals surface area contributed by atoms with E-state index in [0.717, 1.165) is 6.07 Å². The van der Waals surface area contributed by atoms with E-state index in [9.17, 15) is 26.6 Å². The van der Waals surface area contributed by atoms with Crippen LogP contribution in [-0.4, -0.2) is 43.3 Å². The molecular weight excluding hydrogens is 506 g/mol. The molecule has 36 heavy (non-hydrogen) atoms. The van der Waals surface area contributed by atoms with Crippen LogP contribution in [0.3, 0.4) is 0 Å². The minimum absolute atomic E-state index is 0.0447. The highest BCUT2D eigenvalue weighted by atomic mass is 32.2. The Kier molecular flexibility index (Phi) is 7.57. The third kappa shape index (κ3) is 5.82. The highest BCUT2D eigenvalue weighted by molar-refractivity contribution is 7.77. The van der Waals surface area contributed by atoms with Crippen LogP contribution in [-0.2, 0) is 21.6 Å². The summed E-state index contributed by atoms with van der Waals surface area (Å²) < 4.78 is 75.4. The van der Waals surface area contributed by atoms with Crippen molar-refractivity contribution in [2.45, 2.75) is 44.2 Å². The van der Waals surface area contributed by atoms with Gasteiger partial charge in [0, 0.05) is 24.2 Å². The summed E-state index contributed by atoms with van der Waals surface area (Å²) in [5.74, 6) is -1.54. The number of carbonyl (C=O) groups is 1. The van der Waals surface area contributed by atoms with Crippen molar-refractivity contribution in [3.63, 3.8) is 0 Å². The first-order valence-corrected chi connectivity index (χ1v) is 12.1. The van der Waals surface area contributed by atoms with Crippen LogP contribution < -0.4 is 10.5 Å². The second-order valence-electron chi connectivity index (χ2n) is 8.49. The lowest BCUT2D eigenvalue weighted by Crippen LogP contribution is -2.27. The summed E-state index contributed by atoms with van der Waals surface area (Å²) in [4.78, 5) is 21.2. The van der Waals surface area contributed by atoms with Crippen molar-refractivity contribution < 1.29 is 35.2 Å². The largest absolute Gasteiger partial charge is 0.454 e. The van der Waals surface area contributed by atoms with Gasteiger partial charge in [-0.25, -0.2) is 23.7 Å². The molecule has 1 aliphatic rings. The highest BCUT2D eigenvalue weighted by Gasteiger charge is 2.36. The molecule has 194 valence electrons. The van der Waals surface area contributed by atoms with Gasteiger partial charge in [-0.1, -0.05) is 0 Å². The minimum Gasteiger partial charge on any atom is -0.454 e. The maximum atomic E-state index is 14.6. The normalized spacial score (nSPS) is 21.9. The molecule has 14 heteroatoms. The third-order valence-electron chi connectivity index (χ3n) is 6.02. The molecule has 5 unspecified atom stereocenters. The van der Waals surface area contributed by atoms with Crippen LogP contribution in [0.5, 0.6) is 0 Å². The standard InChI is InChI=1S/C22H23F4N5O4S/c1-12(18-2-3-19(35-18)22(24,25)26)31-5-4-14(9-31)20(32)15-8-28-11-29-21(15)30-17-7-13(6-16(17)23)10-34-36(27)33/h2-5,8-9,11-13,16-17H,6-7,10,27H2,1H3,(H,28,29,30). The molecule has 1 aliphatic carbocycles. The Hall–Kier alpha value is -3.10. The lowest BCUT2D eigenvalue weighted by atomic mass is 10.1. The molecule has 1 saturated carbocycles. The number of furan rings is 1. The van der Waals surface area contributed by atoms with Gasteiger partial charge in [0.2, 0.25) is 17.0 Å². The molecule has 0 aromatic carbocycles. The smallest absolute Gasteiger partial charge is 0.449 e. The molecule has 3 aromatic rings. The van der Waals surface area contributed by atoms with Crippen LogP contribution in [0.4, 0.5) is 23.4 Å². The molecule has 0 aliphatic heterocycles. The predicted molar refractivity (Wildman–Crippen MR) is 121 cm³/mol. The highest BCUT2D eigenvalue weighted by Crippen LogP contribution is 2.34. The molecule has 0 radical (unpaired) electrons. The Morgan fingerprint density at radius 3 is 2.83 bits per heavy atom. The van der Waals surface area contributed by atoms with Crippen molar-refractivity contribution >= 4 is 22.9 Å². The Balaban J connectivity index is 1.48. The zero-order valence-electron chi connectivity index (χ0n) is 18.9. The summed E-state index contributed by atoms with van der Waals surface area (Å²) in [6.07, 6.45) is 0.237. The average molecular weight is 530 g/mol. The summed E-state index contributed by atoms with van der Waals surface area (Å²) in [5, 5.41) is 8.04. The monoisotopic (exact) mass is 529 g/mol. The molecule has 4 rings (SSSR count). The van der Waals surface area contributed by atoms with Crippen molar-refractivity contribution in [3.05, 3.63) is 65.8 Å². The lowest BCUT2D eigenvalue weighted by Gasteiger charge is -2.17. The van der Waals surface area contributed by atoms with Crippen LogP contribution in [0.15, 0.2) is 47.5 Å². The van der Waals surface area contributed by atoms with Crippen LogP contribution in [0, 0.1) is 5.92 Å². The van der Waals surface area contributed by atoms with Gasteiger partial charge in [0.05, 0.1) is 24.3 Å². The predicted octanol–water partition coefficient (Wildman–Crippen LogP) is 3.81. The Labute approximate surface area is 205 Å². The van der Waals surface area contributed by atoms with E-state index in [4.69, 9.17) is 13.7 Å². The van der Waals surface area contributed by atoms with E-state index in [1.54, 1.807) is 17.7 Å². The van der Waals surface area contributed by atoms with Crippen LogP contribution in [0.1, 0.15) is 53.2 Å². The fraction of sp³-hybridized carbons (Fsp3) is 0.409. The van der Waals surface area contributed by atoms with Gasteiger partial charge in [0.15, 0.2) is 5.78 Å². The van der Waals surface area contributed by atoms with Crippen molar-refractivity contribution in [2.75, 3.05) is 11.9 Å². The summed E-state index contributed by atoms with van der Waals surface area (Å²) in [7, 11) is 0. The summed E-state index contributed by atoms with van der Waals surface area (Å²) in [6.45, 7) is 1.68. The molecule has 3 N–H and O–H groups in total.